The summed E-state index contributed by atoms with van der Waals surface area (Å²) < 4.78 is 2.59. The molecule has 0 N–H and O–H groups in total. The zero-order valence-electron chi connectivity index (χ0n) is 30.4. The smallest absolute Gasteiger partial charge is 0.221 e. The number of hydrogen-bond donors (Lipinski definition) is 0. The fraction of sp³-hybridized carbons (Fsp3) is 0.326. The van der Waals surface area contributed by atoms with Crippen LogP contribution in [0.4, 0.5) is 11.4 Å². The molecule has 1 aliphatic heterocycles. The molecule has 1 aliphatic rings. The largest absolute Gasteiger partial charge is 0.245 e. The second-order valence-electron chi connectivity index (χ2n) is 14.9. The third-order valence-corrected chi connectivity index (χ3v) is 10.2. The molecule has 5 aromatic carbocycles. The minimum absolute atomic E-state index is 0.0503. The van der Waals surface area contributed by atoms with E-state index in [-0.39, 0.29) is 12.1 Å². The van der Waals surface area contributed by atoms with E-state index in [2.05, 4.69) is 193 Å². The number of aryl methyl sites for hydroxylation is 1. The van der Waals surface area contributed by atoms with Gasteiger partial charge in [-0.2, -0.15) is 0 Å². The van der Waals surface area contributed by atoms with Crippen molar-refractivity contribution >= 4 is 17.7 Å². The second-order valence-corrected chi connectivity index (χ2v) is 14.9. The molecule has 0 amide bonds. The van der Waals surface area contributed by atoms with Crippen molar-refractivity contribution in [1.29, 1.82) is 0 Å². The standard InChI is InChI=1S/C46H53N2/c1-30(2)37-27-40(32(5)6)43(41(28-37)33(7)8)39-24-16-17-26-42(39)47-29-48(44-34(9)19-18-25-38(44)31(3)4)46(36-22-14-11-15-23-36)45(47)35-20-12-10-13-21-35/h10-33,45-46H,1-9H3/q+1/t45-,46-/m0/s1. The zero-order valence-corrected chi connectivity index (χ0v) is 30.4. The lowest BCUT2D eigenvalue weighted by Gasteiger charge is -2.28. The Morgan fingerprint density at radius 2 is 1.08 bits per heavy atom. The normalized spacial score (nSPS) is 16.4. The van der Waals surface area contributed by atoms with Crippen LogP contribution in [0.3, 0.4) is 0 Å². The molecule has 0 unspecified atom stereocenters. The number of rotatable bonds is 9. The first-order valence-electron chi connectivity index (χ1n) is 18.0. The minimum Gasteiger partial charge on any atom is -0.221 e. The molecule has 2 heteroatoms. The minimum atomic E-state index is 0.0503. The summed E-state index contributed by atoms with van der Waals surface area (Å²) in [4.78, 5) is 2.59. The monoisotopic (exact) mass is 633 g/mol. The van der Waals surface area contributed by atoms with Crippen molar-refractivity contribution in [2.75, 3.05) is 4.90 Å². The fourth-order valence-corrected chi connectivity index (χ4v) is 7.65. The molecule has 246 valence electrons. The molecule has 2 nitrogen and oxygen atoms in total. The maximum Gasteiger partial charge on any atom is 0.245 e. The lowest BCUT2D eigenvalue weighted by Crippen LogP contribution is -2.26. The highest BCUT2D eigenvalue weighted by Crippen LogP contribution is 2.50. The first-order chi connectivity index (χ1) is 23.1. The molecule has 0 saturated heterocycles. The van der Waals surface area contributed by atoms with Crippen LogP contribution in [0, 0.1) is 6.92 Å². The van der Waals surface area contributed by atoms with E-state index in [1.807, 2.05) is 0 Å². The van der Waals surface area contributed by atoms with Gasteiger partial charge in [-0.25, -0.2) is 9.48 Å². The summed E-state index contributed by atoms with van der Waals surface area (Å²) in [5.41, 5.74) is 14.9. The maximum atomic E-state index is 2.59. The van der Waals surface area contributed by atoms with Gasteiger partial charge in [-0.1, -0.05) is 165 Å². The Morgan fingerprint density at radius 1 is 0.542 bits per heavy atom. The highest BCUT2D eigenvalue weighted by molar-refractivity contribution is 5.92. The van der Waals surface area contributed by atoms with Crippen LogP contribution in [0.15, 0.2) is 115 Å². The summed E-state index contributed by atoms with van der Waals surface area (Å²) >= 11 is 0. The van der Waals surface area contributed by atoms with Crippen LogP contribution in [-0.4, -0.2) is 10.9 Å². The van der Waals surface area contributed by atoms with Crippen LogP contribution in [0.2, 0.25) is 0 Å². The van der Waals surface area contributed by atoms with Gasteiger partial charge in [-0.3, -0.25) is 0 Å². The predicted molar refractivity (Wildman–Crippen MR) is 206 cm³/mol. The summed E-state index contributed by atoms with van der Waals surface area (Å²) in [7, 11) is 0. The second kappa shape index (κ2) is 14.0. The van der Waals surface area contributed by atoms with Gasteiger partial charge in [-0.15, -0.1) is 0 Å². The third-order valence-electron chi connectivity index (χ3n) is 10.2. The first-order valence-corrected chi connectivity index (χ1v) is 18.0. The highest BCUT2D eigenvalue weighted by atomic mass is 15.3. The molecular formula is C46H53N2+. The molecule has 0 spiro atoms. The van der Waals surface area contributed by atoms with Crippen LogP contribution >= 0.6 is 0 Å². The summed E-state index contributed by atoms with van der Waals surface area (Å²) in [5, 5.41) is 0. The van der Waals surface area contributed by atoms with Crippen molar-refractivity contribution in [1.82, 2.24) is 0 Å². The number of benzene rings is 5. The van der Waals surface area contributed by atoms with Gasteiger partial charge < -0.3 is 0 Å². The summed E-state index contributed by atoms with van der Waals surface area (Å²) in [6, 6.07) is 43.3. The summed E-state index contributed by atoms with van der Waals surface area (Å²) in [6.07, 6.45) is 2.43. The van der Waals surface area contributed by atoms with E-state index >= 15 is 0 Å². The van der Waals surface area contributed by atoms with Crippen molar-refractivity contribution in [3.63, 3.8) is 0 Å². The molecule has 48 heavy (non-hydrogen) atoms. The van der Waals surface area contributed by atoms with Crippen molar-refractivity contribution in [2.45, 2.75) is 98.1 Å². The van der Waals surface area contributed by atoms with Crippen LogP contribution in [0.5, 0.6) is 0 Å². The van der Waals surface area contributed by atoms with Gasteiger partial charge in [0, 0.05) is 22.3 Å². The lowest BCUT2D eigenvalue weighted by atomic mass is 9.81. The quantitative estimate of drug-likeness (QED) is 0.146. The number of anilines is 1. The Morgan fingerprint density at radius 3 is 1.65 bits per heavy atom. The summed E-state index contributed by atoms with van der Waals surface area (Å²) in [5.74, 6) is 1.66. The molecule has 0 bridgehead atoms. The van der Waals surface area contributed by atoms with E-state index in [0.717, 1.165) is 0 Å². The Hall–Kier alpha value is -4.43. The Balaban J connectivity index is 1.69. The van der Waals surface area contributed by atoms with E-state index in [1.54, 1.807) is 0 Å². The van der Waals surface area contributed by atoms with Crippen molar-refractivity contribution in [3.8, 4) is 11.1 Å². The maximum absolute atomic E-state index is 2.59. The molecule has 1 heterocycles. The molecule has 6 rings (SSSR count). The van der Waals surface area contributed by atoms with E-state index < -0.39 is 0 Å². The van der Waals surface area contributed by atoms with Gasteiger partial charge in [0.25, 0.3) is 0 Å². The van der Waals surface area contributed by atoms with Gasteiger partial charge >= 0.3 is 0 Å². The van der Waals surface area contributed by atoms with Gasteiger partial charge in [0.15, 0.2) is 12.1 Å². The molecule has 5 aromatic rings. The van der Waals surface area contributed by atoms with Crippen LogP contribution in [0.1, 0.15) is 130 Å². The average Bonchev–Trinajstić information content (AvgIpc) is 3.48. The van der Waals surface area contributed by atoms with Crippen LogP contribution in [-0.2, 0) is 0 Å². The van der Waals surface area contributed by atoms with Gasteiger partial charge in [0.2, 0.25) is 6.34 Å². The fourth-order valence-electron chi connectivity index (χ4n) is 7.65. The average molecular weight is 634 g/mol. The number of nitrogens with zero attached hydrogens (tertiary/aromatic N) is 2. The van der Waals surface area contributed by atoms with E-state index in [0.29, 0.717) is 23.7 Å². The highest BCUT2D eigenvalue weighted by Gasteiger charge is 2.47. The molecule has 0 fully saturated rings. The molecule has 0 aromatic heterocycles. The van der Waals surface area contributed by atoms with E-state index in [1.165, 1.54) is 61.4 Å². The predicted octanol–water partition coefficient (Wildman–Crippen LogP) is 12.8. The molecule has 0 aliphatic carbocycles. The van der Waals surface area contributed by atoms with Gasteiger partial charge in [0.05, 0.1) is 0 Å². The van der Waals surface area contributed by atoms with E-state index in [4.69, 9.17) is 0 Å². The molecule has 2 atom stereocenters. The molecule has 0 radical (unpaired) electrons. The van der Waals surface area contributed by atoms with Gasteiger partial charge in [-0.05, 0) is 64.5 Å². The van der Waals surface area contributed by atoms with Crippen LogP contribution in [0.25, 0.3) is 11.1 Å². The summed E-state index contributed by atoms with van der Waals surface area (Å²) in [6.45, 7) is 20.9. The van der Waals surface area contributed by atoms with Crippen LogP contribution < -0.4 is 4.90 Å². The number of hydrogen-bond acceptors (Lipinski definition) is 1. The third kappa shape index (κ3) is 6.26. The molecular weight excluding hydrogens is 581 g/mol. The lowest BCUT2D eigenvalue weighted by molar-refractivity contribution is -0.482. The van der Waals surface area contributed by atoms with Crippen molar-refractivity contribution in [2.24, 2.45) is 0 Å². The van der Waals surface area contributed by atoms with Crippen molar-refractivity contribution in [3.05, 3.63) is 154 Å². The topological polar surface area (TPSA) is 6.25 Å². The Kier molecular flexibility index (Phi) is 9.74. The molecule has 0 saturated carbocycles. The zero-order chi connectivity index (χ0) is 34.1. The first kappa shape index (κ1) is 33.5. The van der Waals surface area contributed by atoms with Crippen molar-refractivity contribution < 1.29 is 4.58 Å². The van der Waals surface area contributed by atoms with Gasteiger partial charge in [0.1, 0.15) is 11.4 Å². The Labute approximate surface area is 289 Å². The number of para-hydroxylation sites is 2. The Bertz CT molecular complexity index is 1870. The SMILES string of the molecule is Cc1cccc(C(C)C)c1[N+]1=CN(c2ccccc2-c2c(C(C)C)cc(C(C)C)cc2C(C)C)[C@@H](c2ccccc2)[C@@H]1c1ccccc1. The van der Waals surface area contributed by atoms with E-state index in [9.17, 15) is 0 Å².